The van der Waals surface area contributed by atoms with E-state index in [0.717, 1.165) is 5.56 Å². The van der Waals surface area contributed by atoms with Crippen LogP contribution in [0, 0.1) is 0 Å². The van der Waals surface area contributed by atoms with Crippen molar-refractivity contribution in [3.63, 3.8) is 0 Å². The van der Waals surface area contributed by atoms with Crippen molar-refractivity contribution in [2.75, 3.05) is 5.32 Å². The molecule has 2 aromatic carbocycles. The van der Waals surface area contributed by atoms with E-state index in [1.165, 1.54) is 24.3 Å². The molecule has 148 valence electrons. The molecule has 0 radical (unpaired) electrons. The maximum atomic E-state index is 12.4. The van der Waals surface area contributed by atoms with E-state index in [1.54, 1.807) is 30.3 Å². The van der Waals surface area contributed by atoms with Crippen molar-refractivity contribution in [3.05, 3.63) is 88.1 Å². The lowest BCUT2D eigenvalue weighted by Gasteiger charge is -2.14. The summed E-state index contributed by atoms with van der Waals surface area (Å²) in [5.41, 5.74) is 1.67. The summed E-state index contributed by atoms with van der Waals surface area (Å²) >= 11 is 1.33. The molecule has 0 aliphatic rings. The fourth-order valence-electron chi connectivity index (χ4n) is 2.54. The van der Waals surface area contributed by atoms with Crippen molar-refractivity contribution in [2.45, 2.75) is 19.6 Å². The third-order valence-corrected chi connectivity index (χ3v) is 4.93. The Balaban J connectivity index is 1.55. The van der Waals surface area contributed by atoms with Gasteiger partial charge in [0.05, 0.1) is 10.4 Å². The molecule has 0 fully saturated rings. The molecule has 1 heterocycles. The highest BCUT2D eigenvalue weighted by atomic mass is 32.1. The number of carbonyl (C=O) groups is 3. The minimum Gasteiger partial charge on any atom is -0.449 e. The number of carbonyl (C=O) groups excluding carboxylic acids is 3. The number of esters is 1. The van der Waals surface area contributed by atoms with Gasteiger partial charge in [0.2, 0.25) is 0 Å². The van der Waals surface area contributed by atoms with Gasteiger partial charge in [0.1, 0.15) is 0 Å². The lowest BCUT2D eigenvalue weighted by molar-refractivity contribution is -0.129. The van der Waals surface area contributed by atoms with Crippen LogP contribution >= 0.6 is 11.3 Å². The zero-order chi connectivity index (χ0) is 20.6. The number of anilines is 1. The molecule has 7 heteroatoms. The number of nitrogens with one attached hydrogen (secondary N) is 2. The molecule has 0 unspecified atom stereocenters. The monoisotopic (exact) mass is 408 g/mol. The van der Waals surface area contributed by atoms with Crippen LogP contribution < -0.4 is 10.6 Å². The maximum Gasteiger partial charge on any atom is 0.338 e. The Kier molecular flexibility index (Phi) is 6.76. The van der Waals surface area contributed by atoms with Crippen molar-refractivity contribution in [2.24, 2.45) is 0 Å². The van der Waals surface area contributed by atoms with Crippen LogP contribution in [0.25, 0.3) is 0 Å². The summed E-state index contributed by atoms with van der Waals surface area (Å²) in [5.74, 6) is -1.27. The van der Waals surface area contributed by atoms with E-state index in [4.69, 9.17) is 4.74 Å². The minimum atomic E-state index is -0.949. The molecule has 6 nitrogen and oxygen atoms in total. The molecule has 2 N–H and O–H groups in total. The first-order valence-corrected chi connectivity index (χ1v) is 9.88. The van der Waals surface area contributed by atoms with Gasteiger partial charge in [0, 0.05) is 12.2 Å². The van der Waals surface area contributed by atoms with Crippen molar-refractivity contribution in [1.29, 1.82) is 0 Å². The Morgan fingerprint density at radius 1 is 1.00 bits per heavy atom. The zero-order valence-corrected chi connectivity index (χ0v) is 16.6. The summed E-state index contributed by atoms with van der Waals surface area (Å²) in [6.07, 6.45) is -0.949. The minimum absolute atomic E-state index is 0.247. The topological polar surface area (TPSA) is 84.5 Å². The summed E-state index contributed by atoms with van der Waals surface area (Å²) in [4.78, 5) is 37.3. The van der Waals surface area contributed by atoms with Crippen LogP contribution in [0.5, 0.6) is 0 Å². The van der Waals surface area contributed by atoms with E-state index in [2.05, 4.69) is 10.6 Å². The number of amides is 2. The molecular formula is C22H20N2O4S. The standard InChI is InChI=1S/C22H20N2O4S/c1-15(20(25)23-14-16-7-3-2-4-8-16)28-22(27)17-9-5-10-18(13-17)24-21(26)19-11-6-12-29-19/h2-13,15H,14H2,1H3,(H,23,25)(H,24,26)/t15-/m1/s1. The quantitative estimate of drug-likeness (QED) is 0.582. The average molecular weight is 408 g/mol. The van der Waals surface area contributed by atoms with Crippen LogP contribution in [0.2, 0.25) is 0 Å². The molecule has 0 aliphatic heterocycles. The fourth-order valence-corrected chi connectivity index (χ4v) is 3.15. The highest BCUT2D eigenvalue weighted by Crippen LogP contribution is 2.16. The SMILES string of the molecule is C[C@@H](OC(=O)c1cccc(NC(=O)c2cccs2)c1)C(=O)NCc1ccccc1. The molecule has 2 amide bonds. The third-order valence-electron chi connectivity index (χ3n) is 4.06. The predicted octanol–water partition coefficient (Wildman–Crippen LogP) is 3.86. The Morgan fingerprint density at radius 3 is 2.52 bits per heavy atom. The molecule has 0 spiro atoms. The maximum absolute atomic E-state index is 12.4. The summed E-state index contributed by atoms with van der Waals surface area (Å²) in [6.45, 7) is 1.87. The van der Waals surface area contributed by atoms with Crippen LogP contribution in [0.1, 0.15) is 32.5 Å². The number of hydrogen-bond donors (Lipinski definition) is 2. The van der Waals surface area contributed by atoms with Crippen LogP contribution in [0.15, 0.2) is 72.1 Å². The van der Waals surface area contributed by atoms with E-state index in [1.807, 2.05) is 35.7 Å². The molecule has 0 saturated carbocycles. The molecule has 0 aliphatic carbocycles. The third kappa shape index (κ3) is 5.76. The van der Waals surface area contributed by atoms with Gasteiger partial charge in [-0.2, -0.15) is 0 Å². The molecular weight excluding hydrogens is 388 g/mol. The Morgan fingerprint density at radius 2 is 1.79 bits per heavy atom. The van der Waals surface area contributed by atoms with Crippen molar-refractivity contribution in [3.8, 4) is 0 Å². The second kappa shape index (κ2) is 9.66. The molecule has 3 aromatic rings. The van der Waals surface area contributed by atoms with Gasteiger partial charge in [-0.1, -0.05) is 42.5 Å². The van der Waals surface area contributed by atoms with E-state index in [0.29, 0.717) is 17.1 Å². The van der Waals surface area contributed by atoms with E-state index in [-0.39, 0.29) is 17.4 Å². The highest BCUT2D eigenvalue weighted by molar-refractivity contribution is 7.12. The van der Waals surface area contributed by atoms with Gasteiger partial charge in [0.15, 0.2) is 6.10 Å². The summed E-state index contributed by atoms with van der Waals surface area (Å²) in [7, 11) is 0. The van der Waals surface area contributed by atoms with Crippen LogP contribution in [0.3, 0.4) is 0 Å². The van der Waals surface area contributed by atoms with Gasteiger partial charge in [-0.05, 0) is 42.1 Å². The van der Waals surface area contributed by atoms with Gasteiger partial charge in [-0.3, -0.25) is 9.59 Å². The number of rotatable bonds is 7. The largest absolute Gasteiger partial charge is 0.449 e. The molecule has 29 heavy (non-hydrogen) atoms. The number of benzene rings is 2. The van der Waals surface area contributed by atoms with Crippen LogP contribution in [-0.2, 0) is 16.1 Å². The van der Waals surface area contributed by atoms with Gasteiger partial charge in [-0.25, -0.2) is 4.79 Å². The molecule has 1 aromatic heterocycles. The number of hydrogen-bond acceptors (Lipinski definition) is 5. The van der Waals surface area contributed by atoms with E-state index >= 15 is 0 Å². The Bertz CT molecular complexity index is 987. The Labute approximate surface area is 172 Å². The second-order valence-electron chi connectivity index (χ2n) is 6.26. The number of thiophene rings is 1. The van der Waals surface area contributed by atoms with Crippen LogP contribution in [0.4, 0.5) is 5.69 Å². The first-order chi connectivity index (χ1) is 14.0. The zero-order valence-electron chi connectivity index (χ0n) is 15.8. The normalized spacial score (nSPS) is 11.3. The van der Waals surface area contributed by atoms with E-state index in [9.17, 15) is 14.4 Å². The first kappa shape index (κ1) is 20.3. The lowest BCUT2D eigenvalue weighted by atomic mass is 10.2. The molecule has 0 bridgehead atoms. The van der Waals surface area contributed by atoms with Gasteiger partial charge >= 0.3 is 5.97 Å². The molecule has 1 atom stereocenters. The Hall–Kier alpha value is -3.45. The van der Waals surface area contributed by atoms with Crippen molar-refractivity contribution < 1.29 is 19.1 Å². The fraction of sp³-hybridized carbons (Fsp3) is 0.136. The smallest absolute Gasteiger partial charge is 0.338 e. The number of ether oxygens (including phenoxy) is 1. The first-order valence-electron chi connectivity index (χ1n) is 9.00. The molecule has 0 saturated heterocycles. The average Bonchev–Trinajstić information content (AvgIpc) is 3.28. The predicted molar refractivity (Wildman–Crippen MR) is 112 cm³/mol. The lowest BCUT2D eigenvalue weighted by Crippen LogP contribution is -2.35. The summed E-state index contributed by atoms with van der Waals surface area (Å²) in [6, 6.07) is 19.4. The van der Waals surface area contributed by atoms with Crippen molar-refractivity contribution >= 4 is 34.8 Å². The molecule has 3 rings (SSSR count). The van der Waals surface area contributed by atoms with Crippen LogP contribution in [-0.4, -0.2) is 23.9 Å². The summed E-state index contributed by atoms with van der Waals surface area (Å²) < 4.78 is 5.26. The van der Waals surface area contributed by atoms with Gasteiger partial charge in [0.25, 0.3) is 11.8 Å². The van der Waals surface area contributed by atoms with Crippen molar-refractivity contribution in [1.82, 2.24) is 5.32 Å². The second-order valence-corrected chi connectivity index (χ2v) is 7.21. The summed E-state index contributed by atoms with van der Waals surface area (Å²) in [5, 5.41) is 7.29. The van der Waals surface area contributed by atoms with Gasteiger partial charge in [-0.15, -0.1) is 11.3 Å². The van der Waals surface area contributed by atoms with E-state index < -0.39 is 12.1 Å². The highest BCUT2D eigenvalue weighted by Gasteiger charge is 2.19. The van der Waals surface area contributed by atoms with Gasteiger partial charge < -0.3 is 15.4 Å².